The second-order valence-corrected chi connectivity index (χ2v) is 3.94. The Kier molecular flexibility index (Phi) is 1.81. The van der Waals surface area contributed by atoms with Gasteiger partial charge >= 0.3 is 0 Å². The molecule has 1 N–H and O–H groups in total. The quantitative estimate of drug-likeness (QED) is 0.683. The number of rotatable bonds is 1. The Hall–Kier alpha value is -1.02. The third kappa shape index (κ3) is 1.31. The highest BCUT2D eigenvalue weighted by molar-refractivity contribution is 6.31. The van der Waals surface area contributed by atoms with Crippen molar-refractivity contribution in [2.75, 3.05) is 0 Å². The Bertz CT molecular complexity index is 354. The first-order chi connectivity index (χ1) is 6.12. The van der Waals surface area contributed by atoms with Gasteiger partial charge in [0.2, 0.25) is 5.91 Å². The van der Waals surface area contributed by atoms with E-state index in [0.717, 1.165) is 5.56 Å². The molecule has 1 aliphatic heterocycles. The number of carbonyl (C=O) groups excluding carboxylic acids is 1. The smallest absolute Gasteiger partial charge is 0.223 e. The van der Waals surface area contributed by atoms with Crippen molar-refractivity contribution in [1.29, 1.82) is 0 Å². The Balaban J connectivity index is 2.36. The summed E-state index contributed by atoms with van der Waals surface area (Å²) < 4.78 is 0. The largest absolute Gasteiger partial charge is 0.346 e. The van der Waals surface area contributed by atoms with Crippen LogP contribution in [-0.4, -0.2) is 5.91 Å². The molecule has 1 atom stereocenters. The maximum Gasteiger partial charge on any atom is 0.223 e. The van der Waals surface area contributed by atoms with E-state index in [2.05, 4.69) is 5.32 Å². The van der Waals surface area contributed by atoms with Crippen molar-refractivity contribution in [1.82, 2.24) is 5.32 Å². The highest BCUT2D eigenvalue weighted by Gasteiger charge is 2.40. The van der Waals surface area contributed by atoms with E-state index >= 15 is 0 Å². The Morgan fingerprint density at radius 1 is 1.46 bits per heavy atom. The predicted molar refractivity (Wildman–Crippen MR) is 51.6 cm³/mol. The summed E-state index contributed by atoms with van der Waals surface area (Å²) in [5.74, 6) is 0.0856. The van der Waals surface area contributed by atoms with Crippen molar-refractivity contribution in [3.8, 4) is 0 Å². The summed E-state index contributed by atoms with van der Waals surface area (Å²) in [5, 5.41) is 3.57. The molecule has 13 heavy (non-hydrogen) atoms. The molecule has 1 aromatic rings. The molecular formula is C10H10ClNO. The van der Waals surface area contributed by atoms with Gasteiger partial charge in [0, 0.05) is 5.02 Å². The minimum absolute atomic E-state index is 0.0856. The number of halogens is 1. The molecule has 2 rings (SSSR count). The minimum Gasteiger partial charge on any atom is -0.346 e. The molecule has 0 aliphatic carbocycles. The SMILES string of the molecule is CC1(c2ccccc2Cl)CC(=O)N1. The summed E-state index contributed by atoms with van der Waals surface area (Å²) in [6, 6.07) is 7.60. The van der Waals surface area contributed by atoms with Crippen molar-refractivity contribution in [3.05, 3.63) is 34.9 Å². The number of hydrogen-bond acceptors (Lipinski definition) is 1. The molecule has 1 aromatic carbocycles. The van der Waals surface area contributed by atoms with E-state index in [-0.39, 0.29) is 11.4 Å². The summed E-state index contributed by atoms with van der Waals surface area (Å²) in [4.78, 5) is 10.8. The zero-order valence-corrected chi connectivity index (χ0v) is 8.06. The van der Waals surface area contributed by atoms with E-state index in [9.17, 15) is 4.79 Å². The number of β-lactam (4-membered cyclic amide) rings is 1. The molecule has 1 aliphatic rings. The van der Waals surface area contributed by atoms with E-state index in [1.165, 1.54) is 0 Å². The molecule has 1 fully saturated rings. The Morgan fingerprint density at radius 3 is 2.62 bits per heavy atom. The van der Waals surface area contributed by atoms with Crippen LogP contribution < -0.4 is 5.32 Å². The predicted octanol–water partition coefficient (Wildman–Crippen LogP) is 2.08. The maximum absolute atomic E-state index is 10.8. The number of benzene rings is 1. The van der Waals surface area contributed by atoms with E-state index in [1.54, 1.807) is 0 Å². The molecule has 0 spiro atoms. The van der Waals surface area contributed by atoms with Crippen LogP contribution in [0.25, 0.3) is 0 Å². The summed E-state index contributed by atoms with van der Waals surface area (Å²) in [7, 11) is 0. The van der Waals surface area contributed by atoms with Crippen LogP contribution in [0.3, 0.4) is 0 Å². The van der Waals surface area contributed by atoms with Crippen LogP contribution in [0.15, 0.2) is 24.3 Å². The fourth-order valence-electron chi connectivity index (χ4n) is 1.68. The fourth-order valence-corrected chi connectivity index (χ4v) is 2.03. The second-order valence-electron chi connectivity index (χ2n) is 3.54. The molecule has 0 radical (unpaired) electrons. The van der Waals surface area contributed by atoms with Crippen LogP contribution in [0, 0.1) is 0 Å². The number of hydrogen-bond donors (Lipinski definition) is 1. The first kappa shape index (κ1) is 8.57. The zero-order valence-electron chi connectivity index (χ0n) is 7.30. The second kappa shape index (κ2) is 2.74. The summed E-state index contributed by atoms with van der Waals surface area (Å²) >= 11 is 6.02. The van der Waals surface area contributed by atoms with Crippen LogP contribution >= 0.6 is 11.6 Å². The average molecular weight is 196 g/mol. The van der Waals surface area contributed by atoms with Gasteiger partial charge in [-0.3, -0.25) is 4.79 Å². The molecule has 0 bridgehead atoms. The van der Waals surface area contributed by atoms with Crippen molar-refractivity contribution in [3.63, 3.8) is 0 Å². The van der Waals surface area contributed by atoms with Gasteiger partial charge < -0.3 is 5.32 Å². The Morgan fingerprint density at radius 2 is 2.08 bits per heavy atom. The molecule has 3 heteroatoms. The molecular weight excluding hydrogens is 186 g/mol. The van der Waals surface area contributed by atoms with E-state index in [0.29, 0.717) is 11.4 Å². The molecule has 1 amide bonds. The standard InChI is InChI=1S/C10H10ClNO/c1-10(6-9(13)12-10)7-4-2-3-5-8(7)11/h2-5H,6H2,1H3,(H,12,13). The summed E-state index contributed by atoms with van der Waals surface area (Å²) in [6.45, 7) is 1.98. The fraction of sp³-hybridized carbons (Fsp3) is 0.300. The third-order valence-corrected chi connectivity index (χ3v) is 2.73. The monoisotopic (exact) mass is 195 g/mol. The van der Waals surface area contributed by atoms with Gasteiger partial charge in [0.15, 0.2) is 0 Å². The van der Waals surface area contributed by atoms with Crippen molar-refractivity contribution in [2.24, 2.45) is 0 Å². The number of carbonyl (C=O) groups is 1. The van der Waals surface area contributed by atoms with E-state index in [4.69, 9.17) is 11.6 Å². The van der Waals surface area contributed by atoms with Gasteiger partial charge in [0.05, 0.1) is 12.0 Å². The highest BCUT2D eigenvalue weighted by atomic mass is 35.5. The summed E-state index contributed by atoms with van der Waals surface area (Å²) in [5.41, 5.74) is 0.742. The lowest BCUT2D eigenvalue weighted by atomic mass is 9.82. The lowest BCUT2D eigenvalue weighted by Crippen LogP contribution is -2.56. The average Bonchev–Trinajstić information content (AvgIpc) is 2.02. The van der Waals surface area contributed by atoms with Crippen molar-refractivity contribution in [2.45, 2.75) is 18.9 Å². The summed E-state index contributed by atoms with van der Waals surface area (Å²) in [6.07, 6.45) is 0.525. The van der Waals surface area contributed by atoms with Gasteiger partial charge in [-0.2, -0.15) is 0 Å². The van der Waals surface area contributed by atoms with Crippen molar-refractivity contribution < 1.29 is 4.79 Å². The molecule has 1 saturated heterocycles. The van der Waals surface area contributed by atoms with E-state index < -0.39 is 0 Å². The lowest BCUT2D eigenvalue weighted by molar-refractivity contribution is -0.132. The molecule has 1 unspecified atom stereocenters. The van der Waals surface area contributed by atoms with Crippen LogP contribution in [0.4, 0.5) is 0 Å². The highest BCUT2D eigenvalue weighted by Crippen LogP contribution is 2.35. The normalized spacial score (nSPS) is 26.5. The lowest BCUT2D eigenvalue weighted by Gasteiger charge is -2.39. The molecule has 68 valence electrons. The van der Waals surface area contributed by atoms with Crippen LogP contribution in [-0.2, 0) is 10.3 Å². The van der Waals surface area contributed by atoms with Crippen LogP contribution in [0.2, 0.25) is 5.02 Å². The minimum atomic E-state index is -0.255. The van der Waals surface area contributed by atoms with Gasteiger partial charge in [-0.1, -0.05) is 29.8 Å². The zero-order chi connectivity index (χ0) is 9.47. The van der Waals surface area contributed by atoms with Gasteiger partial charge in [-0.05, 0) is 18.6 Å². The number of nitrogens with one attached hydrogen (secondary N) is 1. The topological polar surface area (TPSA) is 29.1 Å². The van der Waals surface area contributed by atoms with Crippen LogP contribution in [0.5, 0.6) is 0 Å². The first-order valence-corrected chi connectivity index (χ1v) is 4.56. The van der Waals surface area contributed by atoms with Gasteiger partial charge in [-0.25, -0.2) is 0 Å². The maximum atomic E-state index is 10.8. The third-order valence-electron chi connectivity index (χ3n) is 2.40. The van der Waals surface area contributed by atoms with Gasteiger partial charge in [0.25, 0.3) is 0 Å². The molecule has 0 saturated carbocycles. The first-order valence-electron chi connectivity index (χ1n) is 4.18. The molecule has 1 heterocycles. The number of amides is 1. The molecule has 2 nitrogen and oxygen atoms in total. The van der Waals surface area contributed by atoms with Gasteiger partial charge in [0.1, 0.15) is 0 Å². The van der Waals surface area contributed by atoms with Crippen LogP contribution in [0.1, 0.15) is 18.9 Å². The van der Waals surface area contributed by atoms with Gasteiger partial charge in [-0.15, -0.1) is 0 Å². The van der Waals surface area contributed by atoms with E-state index in [1.807, 2.05) is 31.2 Å². The Labute approximate surface area is 81.9 Å². The van der Waals surface area contributed by atoms with Crippen molar-refractivity contribution >= 4 is 17.5 Å². The molecule has 0 aromatic heterocycles.